The van der Waals surface area contributed by atoms with Gasteiger partial charge in [0.2, 0.25) is 10.0 Å². The highest BCUT2D eigenvalue weighted by Crippen LogP contribution is 2.32. The number of rotatable bonds is 8. The highest BCUT2D eigenvalue weighted by atomic mass is 32.2. The van der Waals surface area contributed by atoms with Crippen LogP contribution in [0.4, 0.5) is 0 Å². The van der Waals surface area contributed by atoms with Crippen LogP contribution in [0.5, 0.6) is 0 Å². The molecule has 1 fully saturated rings. The summed E-state index contributed by atoms with van der Waals surface area (Å²) in [5.41, 5.74) is 1.92. The van der Waals surface area contributed by atoms with Crippen LogP contribution in [0, 0.1) is 5.92 Å². The first-order valence-corrected chi connectivity index (χ1v) is 9.23. The number of aryl methyl sites for hydroxylation is 1. The quantitative estimate of drug-likeness (QED) is 0.802. The molecule has 0 aromatic heterocycles. The second kappa shape index (κ2) is 6.90. The van der Waals surface area contributed by atoms with Crippen molar-refractivity contribution in [3.05, 3.63) is 29.3 Å². The lowest BCUT2D eigenvalue weighted by Crippen LogP contribution is -2.33. The molecule has 0 amide bonds. The van der Waals surface area contributed by atoms with E-state index in [1.54, 1.807) is 4.31 Å². The van der Waals surface area contributed by atoms with Crippen molar-refractivity contribution in [2.45, 2.75) is 44.6 Å². The molecule has 0 heterocycles. The molecule has 0 unspecified atom stereocenters. The van der Waals surface area contributed by atoms with Crippen LogP contribution in [0.1, 0.15) is 37.8 Å². The molecule has 4 nitrogen and oxygen atoms in total. The number of hydrogen-bond acceptors (Lipinski definition) is 3. The Bertz CT molecular complexity index is 580. The van der Waals surface area contributed by atoms with Crippen LogP contribution in [-0.4, -0.2) is 32.9 Å². The van der Waals surface area contributed by atoms with Gasteiger partial charge in [0.1, 0.15) is 0 Å². The summed E-state index contributed by atoms with van der Waals surface area (Å²) in [6, 6.07) is 5.79. The summed E-state index contributed by atoms with van der Waals surface area (Å²) in [6.45, 7) is 5.81. The Kier molecular flexibility index (Phi) is 5.41. The summed E-state index contributed by atoms with van der Waals surface area (Å²) in [6.07, 6.45) is 3.05. The smallest absolute Gasteiger partial charge is 0.243 e. The summed E-state index contributed by atoms with van der Waals surface area (Å²) < 4.78 is 27.6. The Hall–Kier alpha value is -0.910. The maximum atomic E-state index is 13.0. The van der Waals surface area contributed by atoms with Crippen molar-refractivity contribution < 1.29 is 8.42 Å². The molecule has 1 aromatic rings. The van der Waals surface area contributed by atoms with E-state index in [2.05, 4.69) is 5.32 Å². The maximum Gasteiger partial charge on any atom is 0.243 e. The molecule has 0 spiro atoms. The van der Waals surface area contributed by atoms with E-state index in [-0.39, 0.29) is 0 Å². The first-order valence-electron chi connectivity index (χ1n) is 7.79. The normalized spacial score (nSPS) is 15.6. The fraction of sp³-hybridized carbons (Fsp3) is 0.625. The topological polar surface area (TPSA) is 49.4 Å². The van der Waals surface area contributed by atoms with Crippen LogP contribution in [0.15, 0.2) is 23.1 Å². The standard InChI is InChI=1S/C16H26N2O2S/c1-4-15-9-8-14(11-17-3)10-16(15)21(19,20)18(5-2)12-13-6-7-13/h8-10,13,17H,4-7,11-12H2,1-3H3. The van der Waals surface area contributed by atoms with Gasteiger partial charge in [-0.2, -0.15) is 4.31 Å². The Morgan fingerprint density at radius 3 is 2.52 bits per heavy atom. The second-order valence-electron chi connectivity index (χ2n) is 5.73. The number of nitrogens with zero attached hydrogens (tertiary/aromatic N) is 1. The lowest BCUT2D eigenvalue weighted by atomic mass is 10.1. The Balaban J connectivity index is 2.37. The maximum absolute atomic E-state index is 13.0. The van der Waals surface area contributed by atoms with Gasteiger partial charge in [-0.15, -0.1) is 0 Å². The van der Waals surface area contributed by atoms with Gasteiger partial charge >= 0.3 is 0 Å². The molecule has 0 atom stereocenters. The summed E-state index contributed by atoms with van der Waals surface area (Å²) in [7, 11) is -1.52. The minimum Gasteiger partial charge on any atom is -0.316 e. The molecule has 1 N–H and O–H groups in total. The zero-order valence-corrected chi connectivity index (χ0v) is 14.0. The van der Waals surface area contributed by atoms with Gasteiger partial charge in [0.25, 0.3) is 0 Å². The van der Waals surface area contributed by atoms with E-state index in [0.717, 1.165) is 30.4 Å². The second-order valence-corrected chi connectivity index (χ2v) is 7.63. The van der Waals surface area contributed by atoms with Crippen molar-refractivity contribution >= 4 is 10.0 Å². The minimum absolute atomic E-state index is 0.486. The van der Waals surface area contributed by atoms with Crippen molar-refractivity contribution in [1.29, 1.82) is 0 Å². The predicted molar refractivity (Wildman–Crippen MR) is 85.7 cm³/mol. The summed E-state index contributed by atoms with van der Waals surface area (Å²) >= 11 is 0. The third-order valence-corrected chi connectivity index (χ3v) is 6.05. The van der Waals surface area contributed by atoms with Gasteiger partial charge in [-0.25, -0.2) is 8.42 Å². The van der Waals surface area contributed by atoms with E-state index in [0.29, 0.717) is 30.4 Å². The average Bonchev–Trinajstić information content (AvgIpc) is 3.29. The fourth-order valence-corrected chi connectivity index (χ4v) is 4.44. The number of nitrogens with one attached hydrogen (secondary N) is 1. The minimum atomic E-state index is -3.38. The van der Waals surface area contributed by atoms with Crippen LogP contribution in [0.25, 0.3) is 0 Å². The summed E-state index contributed by atoms with van der Waals surface area (Å²) in [5.74, 6) is 0.560. The molecule has 1 saturated carbocycles. The molecule has 5 heteroatoms. The van der Waals surface area contributed by atoms with Crippen LogP contribution in [-0.2, 0) is 23.0 Å². The lowest BCUT2D eigenvalue weighted by Gasteiger charge is -2.22. The molecule has 0 aliphatic heterocycles. The first-order chi connectivity index (χ1) is 10.0. The average molecular weight is 310 g/mol. The van der Waals surface area contributed by atoms with Crippen molar-refractivity contribution in [2.24, 2.45) is 5.92 Å². The van der Waals surface area contributed by atoms with Crippen LogP contribution >= 0.6 is 0 Å². The Morgan fingerprint density at radius 1 is 1.29 bits per heavy atom. The van der Waals surface area contributed by atoms with Gasteiger partial charge in [-0.3, -0.25) is 0 Å². The summed E-state index contributed by atoms with van der Waals surface area (Å²) in [5, 5.41) is 3.08. The molecule has 118 valence electrons. The highest BCUT2D eigenvalue weighted by Gasteiger charge is 2.31. The predicted octanol–water partition coefficient (Wildman–Crippen LogP) is 2.39. The Labute approximate surface area is 128 Å². The fourth-order valence-electron chi connectivity index (χ4n) is 2.57. The molecule has 1 aliphatic rings. The summed E-state index contributed by atoms with van der Waals surface area (Å²) in [4.78, 5) is 0.486. The highest BCUT2D eigenvalue weighted by molar-refractivity contribution is 7.89. The van der Waals surface area contributed by atoms with Gasteiger partial charge in [-0.05, 0) is 49.4 Å². The van der Waals surface area contributed by atoms with E-state index >= 15 is 0 Å². The van der Waals surface area contributed by atoms with Gasteiger partial charge in [0.15, 0.2) is 0 Å². The molecule has 0 radical (unpaired) electrons. The van der Waals surface area contributed by atoms with E-state index in [4.69, 9.17) is 0 Å². The molecule has 0 saturated heterocycles. The van der Waals surface area contributed by atoms with Gasteiger partial charge < -0.3 is 5.32 Å². The molecular formula is C16H26N2O2S. The molecule has 0 bridgehead atoms. The first kappa shape index (κ1) is 16.5. The number of benzene rings is 1. The third kappa shape index (κ3) is 3.84. The zero-order chi connectivity index (χ0) is 15.5. The number of hydrogen-bond donors (Lipinski definition) is 1. The molecule has 2 rings (SSSR count). The molecular weight excluding hydrogens is 284 g/mol. The van der Waals surface area contributed by atoms with E-state index in [9.17, 15) is 8.42 Å². The lowest BCUT2D eigenvalue weighted by molar-refractivity contribution is 0.411. The van der Waals surface area contributed by atoms with Crippen LogP contribution < -0.4 is 5.32 Å². The zero-order valence-electron chi connectivity index (χ0n) is 13.2. The van der Waals surface area contributed by atoms with E-state index in [1.807, 2.05) is 39.1 Å². The van der Waals surface area contributed by atoms with Crippen molar-refractivity contribution in [2.75, 3.05) is 20.1 Å². The van der Waals surface area contributed by atoms with Crippen LogP contribution in [0.3, 0.4) is 0 Å². The molecule has 1 aromatic carbocycles. The van der Waals surface area contributed by atoms with Crippen LogP contribution in [0.2, 0.25) is 0 Å². The van der Waals surface area contributed by atoms with Gasteiger partial charge in [0, 0.05) is 19.6 Å². The number of sulfonamides is 1. The van der Waals surface area contributed by atoms with E-state index < -0.39 is 10.0 Å². The SMILES string of the molecule is CCc1ccc(CNC)cc1S(=O)(=O)N(CC)CC1CC1. The van der Waals surface area contributed by atoms with E-state index in [1.165, 1.54) is 0 Å². The van der Waals surface area contributed by atoms with Crippen molar-refractivity contribution in [1.82, 2.24) is 9.62 Å². The van der Waals surface area contributed by atoms with Crippen molar-refractivity contribution in [3.63, 3.8) is 0 Å². The van der Waals surface area contributed by atoms with Gasteiger partial charge in [0.05, 0.1) is 4.90 Å². The van der Waals surface area contributed by atoms with Crippen molar-refractivity contribution in [3.8, 4) is 0 Å². The largest absolute Gasteiger partial charge is 0.316 e. The monoisotopic (exact) mass is 310 g/mol. The third-order valence-electron chi connectivity index (χ3n) is 4.02. The van der Waals surface area contributed by atoms with Gasteiger partial charge in [-0.1, -0.05) is 26.0 Å². The molecule has 21 heavy (non-hydrogen) atoms. The Morgan fingerprint density at radius 2 is 2.00 bits per heavy atom. The molecule has 1 aliphatic carbocycles.